The van der Waals surface area contributed by atoms with Gasteiger partial charge in [0.25, 0.3) is 0 Å². The van der Waals surface area contributed by atoms with E-state index >= 15 is 0 Å². The van der Waals surface area contributed by atoms with Crippen LogP contribution in [0.4, 0.5) is 8.78 Å². The van der Waals surface area contributed by atoms with Crippen LogP contribution in [0.3, 0.4) is 0 Å². The normalized spacial score (nSPS) is 34.1. The molecule has 0 heterocycles. The molecule has 0 aromatic heterocycles. The van der Waals surface area contributed by atoms with Crippen LogP contribution in [0.15, 0.2) is 6.07 Å². The van der Waals surface area contributed by atoms with E-state index in [1.54, 1.807) is 0 Å². The first-order valence-corrected chi connectivity index (χ1v) is 10.6. The molecular weight excluding hydrogens is 330 g/mol. The summed E-state index contributed by atoms with van der Waals surface area (Å²) in [6.07, 6.45) is 12.2. The Morgan fingerprint density at radius 3 is 2.38 bits per heavy atom. The molecule has 26 heavy (non-hydrogen) atoms. The maximum atomic E-state index is 14.5. The lowest BCUT2D eigenvalue weighted by molar-refractivity contribution is 0.0706. The first kappa shape index (κ1) is 18.3. The number of fused-ring (bicyclic) bond motifs is 2. The molecule has 2 saturated carbocycles. The molecule has 1 nitrogen and oxygen atoms in total. The van der Waals surface area contributed by atoms with E-state index in [1.807, 2.05) is 0 Å². The summed E-state index contributed by atoms with van der Waals surface area (Å²) in [4.78, 5) is 0. The average Bonchev–Trinajstić information content (AvgIpc) is 2.67. The van der Waals surface area contributed by atoms with Crippen molar-refractivity contribution in [1.82, 2.24) is 0 Å². The minimum atomic E-state index is -0.550. The van der Waals surface area contributed by atoms with Gasteiger partial charge in [0.05, 0.1) is 7.11 Å². The molecule has 0 amide bonds. The number of ether oxygens (including phenoxy) is 1. The van der Waals surface area contributed by atoms with Crippen LogP contribution >= 0.6 is 0 Å². The highest BCUT2D eigenvalue weighted by Crippen LogP contribution is 2.49. The molecule has 1 aromatic rings. The number of halogens is 2. The van der Waals surface area contributed by atoms with E-state index in [0.29, 0.717) is 11.5 Å². The highest BCUT2D eigenvalue weighted by Gasteiger charge is 2.38. The highest BCUT2D eigenvalue weighted by atomic mass is 19.1. The van der Waals surface area contributed by atoms with E-state index in [2.05, 4.69) is 6.92 Å². The summed E-state index contributed by atoms with van der Waals surface area (Å²) < 4.78 is 33.6. The summed E-state index contributed by atoms with van der Waals surface area (Å²) in [5, 5.41) is 0. The van der Waals surface area contributed by atoms with Crippen LogP contribution < -0.4 is 4.74 Å². The summed E-state index contributed by atoms with van der Waals surface area (Å²) in [5.74, 6) is 2.91. The Balaban J connectivity index is 1.45. The second-order valence-corrected chi connectivity index (χ2v) is 9.03. The minimum Gasteiger partial charge on any atom is -0.491 e. The minimum absolute atomic E-state index is 0.213. The lowest BCUT2D eigenvalue weighted by Crippen LogP contribution is -2.35. The lowest BCUT2D eigenvalue weighted by atomic mass is 9.61. The first-order valence-electron chi connectivity index (χ1n) is 10.6. The van der Waals surface area contributed by atoms with E-state index in [-0.39, 0.29) is 5.75 Å². The molecule has 4 rings (SSSR count). The standard InChI is InChI=1S/C23H32F2O/c1-3-14-4-5-16-11-17(7-6-15(16)10-14)18-8-9-20-19(12-18)13-21(24)23(26-2)22(20)25/h13-18H,3-12H2,1-2H3. The third-order valence-electron chi connectivity index (χ3n) is 7.83. The van der Waals surface area contributed by atoms with Gasteiger partial charge in [0.2, 0.25) is 0 Å². The fourth-order valence-corrected chi connectivity index (χ4v) is 6.27. The predicted molar refractivity (Wildman–Crippen MR) is 100 cm³/mol. The fourth-order valence-electron chi connectivity index (χ4n) is 6.27. The molecule has 144 valence electrons. The van der Waals surface area contributed by atoms with E-state index in [9.17, 15) is 8.78 Å². The van der Waals surface area contributed by atoms with Crippen LogP contribution in [0.2, 0.25) is 0 Å². The molecule has 3 aliphatic carbocycles. The number of hydrogen-bond donors (Lipinski definition) is 0. The van der Waals surface area contributed by atoms with Gasteiger partial charge in [0.15, 0.2) is 17.4 Å². The third kappa shape index (κ3) is 3.27. The van der Waals surface area contributed by atoms with E-state index in [4.69, 9.17) is 4.74 Å². The molecule has 0 aliphatic heterocycles. The van der Waals surface area contributed by atoms with Gasteiger partial charge >= 0.3 is 0 Å². The SMILES string of the molecule is CCC1CCC2CC(C3CCc4c(cc(F)c(OC)c4F)C3)CCC2C1. The van der Waals surface area contributed by atoms with Gasteiger partial charge in [0, 0.05) is 0 Å². The van der Waals surface area contributed by atoms with Gasteiger partial charge in [0.1, 0.15) is 0 Å². The Morgan fingerprint density at radius 1 is 0.962 bits per heavy atom. The Bertz CT molecular complexity index is 656. The molecule has 5 atom stereocenters. The van der Waals surface area contributed by atoms with Crippen LogP contribution in [0, 0.1) is 41.2 Å². The second-order valence-electron chi connectivity index (χ2n) is 9.03. The van der Waals surface area contributed by atoms with E-state index in [0.717, 1.165) is 48.5 Å². The maximum absolute atomic E-state index is 14.5. The summed E-state index contributed by atoms with van der Waals surface area (Å²) in [6.45, 7) is 2.34. The van der Waals surface area contributed by atoms with Gasteiger partial charge in [-0.15, -0.1) is 0 Å². The predicted octanol–water partition coefficient (Wildman–Crippen LogP) is 6.32. The summed E-state index contributed by atoms with van der Waals surface area (Å²) in [7, 11) is 1.34. The molecule has 5 unspecified atom stereocenters. The Labute approximate surface area is 156 Å². The van der Waals surface area contributed by atoms with Crippen LogP contribution in [0.1, 0.15) is 69.4 Å². The summed E-state index contributed by atoms with van der Waals surface area (Å²) in [5.41, 5.74) is 1.57. The lowest BCUT2D eigenvalue weighted by Gasteiger charge is -2.45. The molecule has 3 heteroatoms. The second kappa shape index (κ2) is 7.48. The Kier molecular flexibility index (Phi) is 5.25. The fraction of sp³-hybridized carbons (Fsp3) is 0.739. The van der Waals surface area contributed by atoms with Crippen molar-refractivity contribution in [3.63, 3.8) is 0 Å². The van der Waals surface area contributed by atoms with Crippen LogP contribution in [0.25, 0.3) is 0 Å². The molecule has 0 saturated heterocycles. The first-order chi connectivity index (χ1) is 12.6. The van der Waals surface area contributed by atoms with E-state index in [1.165, 1.54) is 58.1 Å². The zero-order valence-corrected chi connectivity index (χ0v) is 16.2. The van der Waals surface area contributed by atoms with Crippen molar-refractivity contribution in [3.8, 4) is 5.75 Å². The molecule has 0 spiro atoms. The molecule has 2 fully saturated rings. The number of rotatable bonds is 3. The van der Waals surface area contributed by atoms with Gasteiger partial charge in [-0.25, -0.2) is 8.78 Å². The number of benzene rings is 1. The summed E-state index contributed by atoms with van der Waals surface area (Å²) in [6, 6.07) is 1.53. The van der Waals surface area contributed by atoms with Crippen LogP contribution in [-0.2, 0) is 12.8 Å². The van der Waals surface area contributed by atoms with Gasteiger partial charge in [-0.2, -0.15) is 0 Å². The molecular formula is C23H32F2O. The van der Waals surface area contributed by atoms with Gasteiger partial charge in [-0.05, 0) is 98.1 Å². The largest absolute Gasteiger partial charge is 0.491 e. The van der Waals surface area contributed by atoms with Crippen LogP contribution in [-0.4, -0.2) is 7.11 Å². The van der Waals surface area contributed by atoms with Crippen molar-refractivity contribution >= 4 is 0 Å². The number of methoxy groups -OCH3 is 1. The van der Waals surface area contributed by atoms with Crippen molar-refractivity contribution in [3.05, 3.63) is 28.8 Å². The molecule has 1 aromatic carbocycles. The van der Waals surface area contributed by atoms with Crippen molar-refractivity contribution in [2.24, 2.45) is 29.6 Å². The third-order valence-corrected chi connectivity index (χ3v) is 7.83. The van der Waals surface area contributed by atoms with Gasteiger partial charge in [-0.3, -0.25) is 0 Å². The quantitative estimate of drug-likeness (QED) is 0.611. The van der Waals surface area contributed by atoms with Gasteiger partial charge in [-0.1, -0.05) is 19.8 Å². The Hall–Kier alpha value is -1.12. The number of hydrogen-bond acceptors (Lipinski definition) is 1. The maximum Gasteiger partial charge on any atom is 0.190 e. The van der Waals surface area contributed by atoms with Gasteiger partial charge < -0.3 is 4.74 Å². The molecule has 3 aliphatic rings. The monoisotopic (exact) mass is 362 g/mol. The smallest absolute Gasteiger partial charge is 0.190 e. The highest BCUT2D eigenvalue weighted by molar-refractivity contribution is 5.40. The van der Waals surface area contributed by atoms with Crippen molar-refractivity contribution in [2.75, 3.05) is 7.11 Å². The van der Waals surface area contributed by atoms with Crippen molar-refractivity contribution in [2.45, 2.75) is 71.1 Å². The van der Waals surface area contributed by atoms with Crippen molar-refractivity contribution < 1.29 is 13.5 Å². The summed E-state index contributed by atoms with van der Waals surface area (Å²) >= 11 is 0. The average molecular weight is 363 g/mol. The molecule has 0 radical (unpaired) electrons. The van der Waals surface area contributed by atoms with Crippen LogP contribution in [0.5, 0.6) is 5.75 Å². The molecule has 0 bridgehead atoms. The Morgan fingerprint density at radius 2 is 1.65 bits per heavy atom. The zero-order chi connectivity index (χ0) is 18.3. The zero-order valence-electron chi connectivity index (χ0n) is 16.2. The van der Waals surface area contributed by atoms with E-state index < -0.39 is 11.6 Å². The molecule has 0 N–H and O–H groups in total. The topological polar surface area (TPSA) is 9.23 Å². The van der Waals surface area contributed by atoms with Crippen molar-refractivity contribution in [1.29, 1.82) is 0 Å².